The van der Waals surface area contributed by atoms with E-state index in [9.17, 15) is 4.79 Å². The van der Waals surface area contributed by atoms with Gasteiger partial charge in [-0.05, 0) is 49.2 Å². The van der Waals surface area contributed by atoms with E-state index in [0.29, 0.717) is 17.8 Å². The van der Waals surface area contributed by atoms with Crippen LogP contribution in [0.25, 0.3) is 0 Å². The third-order valence-corrected chi connectivity index (χ3v) is 4.29. The average molecular weight is 320 g/mol. The molecule has 0 spiro atoms. The molecule has 2 amide bonds. The summed E-state index contributed by atoms with van der Waals surface area (Å²) in [4.78, 5) is 14.4. The Balaban J connectivity index is 1.52. The Labute approximate surface area is 141 Å². The monoisotopic (exact) mass is 320 g/mol. The third-order valence-electron chi connectivity index (χ3n) is 4.29. The third kappa shape index (κ3) is 3.49. The lowest BCUT2D eigenvalue weighted by atomic mass is 10.2. The van der Waals surface area contributed by atoms with Gasteiger partial charge in [0.25, 0.3) is 0 Å². The highest BCUT2D eigenvalue weighted by Gasteiger charge is 2.22. The van der Waals surface area contributed by atoms with Crippen molar-refractivity contribution in [3.05, 3.63) is 59.7 Å². The van der Waals surface area contributed by atoms with Crippen LogP contribution < -0.4 is 15.5 Å². The van der Waals surface area contributed by atoms with Crippen molar-refractivity contribution in [2.24, 2.45) is 0 Å². The molecule has 0 bridgehead atoms. The van der Waals surface area contributed by atoms with E-state index in [1.54, 1.807) is 24.3 Å². The molecule has 24 heavy (non-hydrogen) atoms. The van der Waals surface area contributed by atoms with Gasteiger partial charge >= 0.3 is 6.03 Å². The van der Waals surface area contributed by atoms with Crippen LogP contribution in [-0.4, -0.2) is 25.2 Å². The van der Waals surface area contributed by atoms with Crippen LogP contribution >= 0.6 is 0 Å². The first-order valence-corrected chi connectivity index (χ1v) is 8.07. The summed E-state index contributed by atoms with van der Waals surface area (Å²) in [5, 5.41) is 14.5. The molecule has 1 heterocycles. The fourth-order valence-electron chi connectivity index (χ4n) is 2.98. The first kappa shape index (κ1) is 15.9. The Morgan fingerprint density at radius 2 is 2.00 bits per heavy atom. The molecule has 0 unspecified atom stereocenters. The van der Waals surface area contributed by atoms with Crippen molar-refractivity contribution < 1.29 is 4.79 Å². The number of benzene rings is 2. The summed E-state index contributed by atoms with van der Waals surface area (Å²) < 4.78 is 0. The molecular formula is C19H20N4O. The van der Waals surface area contributed by atoms with E-state index in [1.165, 1.54) is 11.3 Å². The first-order chi connectivity index (χ1) is 11.7. The predicted molar refractivity (Wildman–Crippen MR) is 95.1 cm³/mol. The summed E-state index contributed by atoms with van der Waals surface area (Å²) in [7, 11) is 0. The van der Waals surface area contributed by atoms with E-state index in [2.05, 4.69) is 52.8 Å². The Morgan fingerprint density at radius 3 is 2.75 bits per heavy atom. The maximum absolute atomic E-state index is 12.0. The number of urea groups is 1. The van der Waals surface area contributed by atoms with Crippen LogP contribution in [0.15, 0.2) is 48.5 Å². The molecular weight excluding hydrogens is 300 g/mol. The molecule has 2 aromatic carbocycles. The fraction of sp³-hybridized carbons (Fsp3) is 0.263. The van der Waals surface area contributed by atoms with Gasteiger partial charge in [0.1, 0.15) is 0 Å². The Morgan fingerprint density at radius 1 is 1.25 bits per heavy atom. The molecule has 0 saturated carbocycles. The summed E-state index contributed by atoms with van der Waals surface area (Å²) in [5.74, 6) is 0. The maximum Gasteiger partial charge on any atom is 0.319 e. The molecule has 5 nitrogen and oxygen atoms in total. The van der Waals surface area contributed by atoms with Gasteiger partial charge in [-0.25, -0.2) is 4.79 Å². The highest BCUT2D eigenvalue weighted by atomic mass is 16.2. The Kier molecular flexibility index (Phi) is 4.66. The topological polar surface area (TPSA) is 68.2 Å². The van der Waals surface area contributed by atoms with Crippen molar-refractivity contribution >= 4 is 17.4 Å². The maximum atomic E-state index is 12.0. The van der Waals surface area contributed by atoms with Crippen LogP contribution in [-0.2, 0) is 6.42 Å². The predicted octanol–water partition coefficient (Wildman–Crippen LogP) is 3.13. The zero-order valence-corrected chi connectivity index (χ0v) is 13.6. The highest BCUT2D eigenvalue weighted by Crippen LogP contribution is 2.28. The molecule has 1 atom stereocenters. The molecule has 2 aromatic rings. The molecule has 122 valence electrons. The Bertz CT molecular complexity index is 764. The minimum Gasteiger partial charge on any atom is -0.366 e. The van der Waals surface area contributed by atoms with Gasteiger partial charge in [0.15, 0.2) is 0 Å². The molecule has 0 aliphatic carbocycles. The minimum absolute atomic E-state index is 0.223. The second-order valence-corrected chi connectivity index (χ2v) is 5.95. The molecule has 1 aliphatic rings. The lowest BCUT2D eigenvalue weighted by Gasteiger charge is -2.27. The van der Waals surface area contributed by atoms with E-state index in [4.69, 9.17) is 5.26 Å². The fourth-order valence-corrected chi connectivity index (χ4v) is 2.98. The van der Waals surface area contributed by atoms with E-state index >= 15 is 0 Å². The van der Waals surface area contributed by atoms with Crippen LogP contribution in [0.5, 0.6) is 0 Å². The second-order valence-electron chi connectivity index (χ2n) is 5.95. The molecule has 0 saturated heterocycles. The van der Waals surface area contributed by atoms with Crippen molar-refractivity contribution in [2.75, 3.05) is 23.3 Å². The SMILES string of the molecule is C[C@@H](CNC(=O)Nc1ccc(C#N)cc1)N1CCc2ccccc21. The lowest BCUT2D eigenvalue weighted by Crippen LogP contribution is -2.42. The molecule has 2 N–H and O–H groups in total. The number of amides is 2. The van der Waals surface area contributed by atoms with Gasteiger partial charge in [-0.1, -0.05) is 18.2 Å². The van der Waals surface area contributed by atoms with Gasteiger partial charge in [-0.2, -0.15) is 5.26 Å². The van der Waals surface area contributed by atoms with Crippen LogP contribution in [0.4, 0.5) is 16.2 Å². The number of nitrogens with one attached hydrogen (secondary N) is 2. The highest BCUT2D eigenvalue weighted by molar-refractivity contribution is 5.89. The normalized spacial score (nSPS) is 13.8. The second kappa shape index (κ2) is 7.05. The summed E-state index contributed by atoms with van der Waals surface area (Å²) in [6, 6.07) is 17.3. The van der Waals surface area contributed by atoms with Gasteiger partial charge in [-0.3, -0.25) is 0 Å². The lowest BCUT2D eigenvalue weighted by molar-refractivity contribution is 0.251. The first-order valence-electron chi connectivity index (χ1n) is 8.07. The van der Waals surface area contributed by atoms with Crippen molar-refractivity contribution in [1.82, 2.24) is 5.32 Å². The van der Waals surface area contributed by atoms with Gasteiger partial charge < -0.3 is 15.5 Å². The van der Waals surface area contributed by atoms with Crippen LogP contribution in [0.2, 0.25) is 0 Å². The number of nitrogens with zero attached hydrogens (tertiary/aromatic N) is 2. The number of para-hydroxylation sites is 1. The number of fused-ring (bicyclic) bond motifs is 1. The van der Waals surface area contributed by atoms with Gasteiger partial charge in [0.05, 0.1) is 11.6 Å². The van der Waals surface area contributed by atoms with Crippen molar-refractivity contribution in [3.8, 4) is 6.07 Å². The smallest absolute Gasteiger partial charge is 0.319 e. The molecule has 0 radical (unpaired) electrons. The van der Waals surface area contributed by atoms with E-state index < -0.39 is 0 Å². The number of hydrogen-bond donors (Lipinski definition) is 2. The van der Waals surface area contributed by atoms with Gasteiger partial charge in [0, 0.05) is 30.5 Å². The van der Waals surface area contributed by atoms with Crippen LogP contribution in [0.3, 0.4) is 0 Å². The van der Waals surface area contributed by atoms with Crippen LogP contribution in [0, 0.1) is 11.3 Å². The standard InChI is InChI=1S/C19H20N4O/c1-14(23-11-10-16-4-2-3-5-18(16)23)13-21-19(24)22-17-8-6-15(12-20)7-9-17/h2-9,14H,10-11,13H2,1H3,(H2,21,22,24)/t14-/m0/s1. The summed E-state index contributed by atoms with van der Waals surface area (Å²) in [5.41, 5.74) is 3.87. The number of anilines is 2. The number of hydrogen-bond acceptors (Lipinski definition) is 3. The summed E-state index contributed by atoms with van der Waals surface area (Å²) >= 11 is 0. The van der Waals surface area contributed by atoms with E-state index in [1.807, 2.05) is 0 Å². The van der Waals surface area contributed by atoms with Gasteiger partial charge in [-0.15, -0.1) is 0 Å². The largest absolute Gasteiger partial charge is 0.366 e. The van der Waals surface area contributed by atoms with Crippen LogP contribution in [0.1, 0.15) is 18.1 Å². The van der Waals surface area contributed by atoms with Crippen molar-refractivity contribution in [3.63, 3.8) is 0 Å². The number of rotatable bonds is 4. The number of carbonyl (C=O) groups excluding carboxylic acids is 1. The molecule has 5 heteroatoms. The Hall–Kier alpha value is -3.00. The average Bonchev–Trinajstić information content (AvgIpc) is 3.04. The quantitative estimate of drug-likeness (QED) is 0.909. The van der Waals surface area contributed by atoms with Crippen molar-refractivity contribution in [2.45, 2.75) is 19.4 Å². The van der Waals surface area contributed by atoms with E-state index in [0.717, 1.165) is 13.0 Å². The zero-order valence-electron chi connectivity index (χ0n) is 13.6. The minimum atomic E-state index is -0.237. The summed E-state index contributed by atoms with van der Waals surface area (Å²) in [6.45, 7) is 3.67. The number of nitriles is 1. The van der Waals surface area contributed by atoms with Crippen molar-refractivity contribution in [1.29, 1.82) is 5.26 Å². The molecule has 3 rings (SSSR count). The van der Waals surface area contributed by atoms with E-state index in [-0.39, 0.29) is 12.1 Å². The molecule has 0 aromatic heterocycles. The molecule has 1 aliphatic heterocycles. The van der Waals surface area contributed by atoms with Gasteiger partial charge in [0.2, 0.25) is 0 Å². The zero-order chi connectivity index (χ0) is 16.9. The number of carbonyl (C=O) groups is 1. The summed E-state index contributed by atoms with van der Waals surface area (Å²) in [6.07, 6.45) is 1.05. The molecule has 0 fully saturated rings.